The molecule has 0 aliphatic carbocycles. The van der Waals surface area contributed by atoms with Crippen molar-refractivity contribution in [2.24, 2.45) is 0 Å². The molecule has 0 spiro atoms. The standard InChI is InChI=1S/C21H16N4O/c26-21-18-4-2-11-22-19(18)14-24(21)13-15-6-8-16(9-7-15)20-5-1-3-17-10-12-23-25(17)20/h1-12H,13-14H2/i14D2. The van der Waals surface area contributed by atoms with Crippen molar-refractivity contribution in [1.29, 1.82) is 0 Å². The maximum atomic E-state index is 12.7. The zero-order valence-corrected chi connectivity index (χ0v) is 13.8. The fourth-order valence-corrected chi connectivity index (χ4v) is 3.23. The highest BCUT2D eigenvalue weighted by molar-refractivity contribution is 5.97. The smallest absolute Gasteiger partial charge is 0.256 e. The van der Waals surface area contributed by atoms with Crippen molar-refractivity contribution in [3.8, 4) is 11.3 Å². The molecule has 0 unspecified atom stereocenters. The van der Waals surface area contributed by atoms with E-state index in [1.165, 1.54) is 11.1 Å². The van der Waals surface area contributed by atoms with E-state index < -0.39 is 6.50 Å². The van der Waals surface area contributed by atoms with Crippen molar-refractivity contribution in [1.82, 2.24) is 19.5 Å². The molecule has 0 saturated carbocycles. The zero-order chi connectivity index (χ0) is 19.3. The highest BCUT2D eigenvalue weighted by Gasteiger charge is 2.27. The van der Waals surface area contributed by atoms with E-state index in [2.05, 4.69) is 10.1 Å². The van der Waals surface area contributed by atoms with E-state index >= 15 is 0 Å². The number of carbonyl (C=O) groups is 1. The summed E-state index contributed by atoms with van der Waals surface area (Å²) >= 11 is 0. The fourth-order valence-electron chi connectivity index (χ4n) is 3.23. The highest BCUT2D eigenvalue weighted by Crippen LogP contribution is 2.24. The van der Waals surface area contributed by atoms with Crippen molar-refractivity contribution in [2.45, 2.75) is 13.0 Å². The minimum Gasteiger partial charge on any atom is -0.328 e. The van der Waals surface area contributed by atoms with E-state index in [1.807, 2.05) is 53.0 Å². The predicted octanol–water partition coefficient (Wildman–Crippen LogP) is 3.55. The molecule has 1 aromatic carbocycles. The second kappa shape index (κ2) is 5.81. The SMILES string of the molecule is [2H]C1([2H])c2ncccc2C(=O)N1Cc1ccc(-c2cccc3ccnn23)cc1. The Bertz CT molecular complexity index is 1200. The van der Waals surface area contributed by atoms with Gasteiger partial charge in [-0.1, -0.05) is 30.3 Å². The summed E-state index contributed by atoms with van der Waals surface area (Å²) in [6.07, 6.45) is 3.28. The first-order valence-corrected chi connectivity index (χ1v) is 8.35. The summed E-state index contributed by atoms with van der Waals surface area (Å²) in [4.78, 5) is 18.0. The Morgan fingerprint density at radius 2 is 1.88 bits per heavy atom. The summed E-state index contributed by atoms with van der Waals surface area (Å²) in [5.74, 6) is -0.335. The molecular formula is C21H16N4O. The van der Waals surface area contributed by atoms with E-state index in [0.717, 1.165) is 22.3 Å². The lowest BCUT2D eigenvalue weighted by molar-refractivity contribution is 0.0766. The summed E-state index contributed by atoms with van der Waals surface area (Å²) < 4.78 is 18.6. The number of hydrogen-bond acceptors (Lipinski definition) is 3. The molecule has 0 N–H and O–H groups in total. The van der Waals surface area contributed by atoms with Crippen LogP contribution >= 0.6 is 0 Å². The largest absolute Gasteiger partial charge is 0.328 e. The fraction of sp³-hybridized carbons (Fsp3) is 0.0952. The quantitative estimate of drug-likeness (QED) is 0.572. The first kappa shape index (κ1) is 12.8. The van der Waals surface area contributed by atoms with Crippen molar-refractivity contribution >= 4 is 11.4 Å². The third-order valence-electron chi connectivity index (χ3n) is 4.54. The molecule has 0 saturated heterocycles. The van der Waals surface area contributed by atoms with E-state index in [1.54, 1.807) is 18.3 Å². The van der Waals surface area contributed by atoms with Crippen molar-refractivity contribution in [2.75, 3.05) is 0 Å². The van der Waals surface area contributed by atoms with Gasteiger partial charge in [0.05, 0.1) is 37.9 Å². The average molecular weight is 342 g/mol. The molecule has 5 heteroatoms. The van der Waals surface area contributed by atoms with Crippen LogP contribution in [0.15, 0.2) is 73.1 Å². The monoisotopic (exact) mass is 342 g/mol. The summed E-state index contributed by atoms with van der Waals surface area (Å²) in [6.45, 7) is -1.75. The summed E-state index contributed by atoms with van der Waals surface area (Å²) in [6, 6.07) is 19.0. The third kappa shape index (κ3) is 2.37. The maximum Gasteiger partial charge on any atom is 0.256 e. The molecule has 0 bridgehead atoms. The van der Waals surface area contributed by atoms with Crippen LogP contribution in [0.5, 0.6) is 0 Å². The number of pyridine rings is 2. The van der Waals surface area contributed by atoms with E-state index in [4.69, 9.17) is 2.74 Å². The van der Waals surface area contributed by atoms with Gasteiger partial charge in [0, 0.05) is 18.3 Å². The minimum absolute atomic E-state index is 0.175. The number of benzene rings is 1. The molecule has 5 nitrogen and oxygen atoms in total. The van der Waals surface area contributed by atoms with Crippen molar-refractivity contribution in [3.05, 3.63) is 89.9 Å². The number of rotatable bonds is 3. The Hall–Kier alpha value is -3.47. The second-order valence-corrected chi connectivity index (χ2v) is 6.18. The van der Waals surface area contributed by atoms with Gasteiger partial charge in [-0.3, -0.25) is 9.78 Å². The van der Waals surface area contributed by atoms with Crippen LogP contribution < -0.4 is 0 Å². The van der Waals surface area contributed by atoms with Gasteiger partial charge in [-0.25, -0.2) is 4.52 Å². The van der Waals surface area contributed by atoms with Crippen LogP contribution in [0.1, 0.15) is 24.4 Å². The molecular weight excluding hydrogens is 324 g/mol. The average Bonchev–Trinajstić information content (AvgIpc) is 3.27. The Labute approximate surface area is 153 Å². The molecule has 4 aromatic rings. The van der Waals surface area contributed by atoms with Gasteiger partial charge < -0.3 is 4.90 Å². The van der Waals surface area contributed by atoms with Gasteiger partial charge >= 0.3 is 0 Å². The topological polar surface area (TPSA) is 50.5 Å². The van der Waals surface area contributed by atoms with Crippen LogP contribution in [0.25, 0.3) is 16.8 Å². The molecule has 26 heavy (non-hydrogen) atoms. The van der Waals surface area contributed by atoms with Crippen LogP contribution in [-0.2, 0) is 13.0 Å². The number of amides is 1. The van der Waals surface area contributed by atoms with E-state index in [0.29, 0.717) is 5.56 Å². The lowest BCUT2D eigenvalue weighted by atomic mass is 10.1. The molecule has 0 atom stereocenters. The maximum absolute atomic E-state index is 12.7. The summed E-state index contributed by atoms with van der Waals surface area (Å²) in [5, 5.41) is 4.36. The van der Waals surface area contributed by atoms with Crippen LogP contribution in [0.2, 0.25) is 0 Å². The predicted molar refractivity (Wildman–Crippen MR) is 98.4 cm³/mol. The van der Waals surface area contributed by atoms with Gasteiger partial charge in [-0.15, -0.1) is 0 Å². The molecule has 126 valence electrons. The van der Waals surface area contributed by atoms with Crippen LogP contribution in [0, 0.1) is 0 Å². The molecule has 4 heterocycles. The van der Waals surface area contributed by atoms with Gasteiger partial charge in [-0.05, 0) is 35.9 Å². The minimum atomic E-state index is -1.92. The van der Waals surface area contributed by atoms with E-state index in [9.17, 15) is 4.79 Å². The highest BCUT2D eigenvalue weighted by atomic mass is 16.2. The lowest BCUT2D eigenvalue weighted by Crippen LogP contribution is -2.23. The number of carbonyl (C=O) groups excluding carboxylic acids is 1. The Morgan fingerprint density at radius 3 is 2.73 bits per heavy atom. The first-order valence-electron chi connectivity index (χ1n) is 9.35. The molecule has 1 aliphatic rings. The van der Waals surface area contributed by atoms with Gasteiger partial charge in [0.1, 0.15) is 0 Å². The number of aromatic nitrogens is 3. The molecule has 1 aliphatic heterocycles. The van der Waals surface area contributed by atoms with Crippen LogP contribution in [0.4, 0.5) is 0 Å². The van der Waals surface area contributed by atoms with Gasteiger partial charge in [0.25, 0.3) is 5.91 Å². The van der Waals surface area contributed by atoms with Crippen LogP contribution in [-0.4, -0.2) is 25.4 Å². The zero-order valence-electron chi connectivity index (χ0n) is 15.8. The Balaban J connectivity index is 1.45. The molecule has 5 rings (SSSR count). The Morgan fingerprint density at radius 1 is 1.00 bits per heavy atom. The Kier molecular flexibility index (Phi) is 2.87. The van der Waals surface area contributed by atoms with E-state index in [-0.39, 0.29) is 18.1 Å². The number of nitrogens with zero attached hydrogens (tertiary/aromatic N) is 4. The lowest BCUT2D eigenvalue weighted by Gasteiger charge is -2.15. The van der Waals surface area contributed by atoms with Gasteiger partial charge in [0.15, 0.2) is 0 Å². The molecule has 3 aromatic heterocycles. The van der Waals surface area contributed by atoms with Crippen molar-refractivity contribution in [3.63, 3.8) is 0 Å². The van der Waals surface area contributed by atoms with Gasteiger partial charge in [-0.2, -0.15) is 5.10 Å². The third-order valence-corrected chi connectivity index (χ3v) is 4.54. The molecule has 0 radical (unpaired) electrons. The normalized spacial score (nSPS) is 16.5. The first-order chi connectivity index (χ1) is 13.6. The summed E-state index contributed by atoms with van der Waals surface area (Å²) in [5.41, 5.74) is 4.34. The second-order valence-electron chi connectivity index (χ2n) is 6.18. The summed E-state index contributed by atoms with van der Waals surface area (Å²) in [7, 11) is 0. The van der Waals surface area contributed by atoms with Crippen LogP contribution in [0.3, 0.4) is 0 Å². The molecule has 1 amide bonds. The van der Waals surface area contributed by atoms with Gasteiger partial charge in [0.2, 0.25) is 0 Å². The number of fused-ring (bicyclic) bond motifs is 2. The van der Waals surface area contributed by atoms with Crippen molar-refractivity contribution < 1.29 is 7.54 Å². The molecule has 0 fully saturated rings. The number of hydrogen-bond donors (Lipinski definition) is 0.